The summed E-state index contributed by atoms with van der Waals surface area (Å²) in [7, 11) is 2.30. The SMILES string of the molecule is CCC1(C)CCCN(C)C2CNCC21. The van der Waals surface area contributed by atoms with Crippen LogP contribution in [0.4, 0.5) is 0 Å². The molecule has 2 nitrogen and oxygen atoms in total. The fraction of sp³-hybridized carbons (Fsp3) is 1.00. The van der Waals surface area contributed by atoms with Crippen molar-refractivity contribution >= 4 is 0 Å². The Morgan fingerprint density at radius 1 is 1.43 bits per heavy atom. The second-order valence-electron chi connectivity index (χ2n) is 5.42. The fourth-order valence-electron chi connectivity index (χ4n) is 3.36. The molecule has 2 heterocycles. The molecule has 0 amide bonds. The number of hydrogen-bond acceptors (Lipinski definition) is 2. The van der Waals surface area contributed by atoms with Gasteiger partial charge in [0.1, 0.15) is 0 Å². The quantitative estimate of drug-likeness (QED) is 0.687. The highest BCUT2D eigenvalue weighted by Gasteiger charge is 2.43. The van der Waals surface area contributed by atoms with Crippen molar-refractivity contribution in [3.8, 4) is 0 Å². The van der Waals surface area contributed by atoms with E-state index in [1.807, 2.05) is 0 Å². The van der Waals surface area contributed by atoms with Gasteiger partial charge in [0.25, 0.3) is 0 Å². The van der Waals surface area contributed by atoms with Crippen LogP contribution in [0.2, 0.25) is 0 Å². The van der Waals surface area contributed by atoms with Gasteiger partial charge in [0.05, 0.1) is 0 Å². The lowest BCUT2D eigenvalue weighted by molar-refractivity contribution is 0.130. The summed E-state index contributed by atoms with van der Waals surface area (Å²) >= 11 is 0. The number of nitrogens with one attached hydrogen (secondary N) is 1. The smallest absolute Gasteiger partial charge is 0.0263 e. The van der Waals surface area contributed by atoms with Crippen LogP contribution in [-0.2, 0) is 0 Å². The molecule has 2 fully saturated rings. The zero-order chi connectivity index (χ0) is 10.2. The Balaban J connectivity index is 2.20. The topological polar surface area (TPSA) is 15.3 Å². The molecular weight excluding hydrogens is 172 g/mol. The van der Waals surface area contributed by atoms with Crippen molar-refractivity contribution in [1.82, 2.24) is 10.2 Å². The van der Waals surface area contributed by atoms with Crippen LogP contribution in [0.1, 0.15) is 33.1 Å². The zero-order valence-corrected chi connectivity index (χ0v) is 9.84. The third-order valence-corrected chi connectivity index (χ3v) is 4.71. The molecule has 2 aliphatic heterocycles. The summed E-state index contributed by atoms with van der Waals surface area (Å²) in [5.41, 5.74) is 0.582. The Kier molecular flexibility index (Phi) is 2.85. The van der Waals surface area contributed by atoms with Crippen molar-refractivity contribution in [2.24, 2.45) is 11.3 Å². The lowest BCUT2D eigenvalue weighted by Gasteiger charge is -2.37. The van der Waals surface area contributed by atoms with Crippen molar-refractivity contribution in [1.29, 1.82) is 0 Å². The van der Waals surface area contributed by atoms with Crippen LogP contribution in [0.25, 0.3) is 0 Å². The lowest BCUT2D eigenvalue weighted by atomic mass is 9.70. The minimum atomic E-state index is 0.582. The minimum absolute atomic E-state index is 0.582. The summed E-state index contributed by atoms with van der Waals surface area (Å²) in [5.74, 6) is 0.875. The van der Waals surface area contributed by atoms with Crippen molar-refractivity contribution in [2.45, 2.75) is 39.2 Å². The average molecular weight is 196 g/mol. The van der Waals surface area contributed by atoms with E-state index >= 15 is 0 Å². The highest BCUT2D eigenvalue weighted by atomic mass is 15.2. The van der Waals surface area contributed by atoms with Gasteiger partial charge in [0.2, 0.25) is 0 Å². The van der Waals surface area contributed by atoms with Crippen LogP contribution >= 0.6 is 0 Å². The number of nitrogens with zero attached hydrogens (tertiary/aromatic N) is 1. The van der Waals surface area contributed by atoms with Crippen molar-refractivity contribution < 1.29 is 0 Å². The van der Waals surface area contributed by atoms with E-state index in [1.165, 1.54) is 38.9 Å². The molecule has 0 spiro atoms. The van der Waals surface area contributed by atoms with Gasteiger partial charge in [-0.15, -0.1) is 0 Å². The maximum Gasteiger partial charge on any atom is 0.0263 e. The van der Waals surface area contributed by atoms with Gasteiger partial charge in [0, 0.05) is 19.1 Å². The average Bonchev–Trinajstić information content (AvgIpc) is 2.62. The first-order valence-corrected chi connectivity index (χ1v) is 6.08. The number of hydrogen-bond donors (Lipinski definition) is 1. The minimum Gasteiger partial charge on any atom is -0.315 e. The predicted octanol–water partition coefficient (Wildman–Crippen LogP) is 1.72. The van der Waals surface area contributed by atoms with Crippen LogP contribution in [-0.4, -0.2) is 37.6 Å². The molecule has 14 heavy (non-hydrogen) atoms. The van der Waals surface area contributed by atoms with E-state index in [-0.39, 0.29) is 0 Å². The highest BCUT2D eigenvalue weighted by molar-refractivity contribution is 4.98. The summed E-state index contributed by atoms with van der Waals surface area (Å²) in [6, 6.07) is 0.794. The molecule has 1 N–H and O–H groups in total. The third-order valence-electron chi connectivity index (χ3n) is 4.71. The van der Waals surface area contributed by atoms with E-state index < -0.39 is 0 Å². The zero-order valence-electron chi connectivity index (χ0n) is 9.84. The first kappa shape index (κ1) is 10.4. The number of likely N-dealkylation sites (tertiary alicyclic amines) is 1. The summed E-state index contributed by atoms with van der Waals surface area (Å²) < 4.78 is 0. The Hall–Kier alpha value is -0.0800. The maximum absolute atomic E-state index is 3.57. The van der Waals surface area contributed by atoms with Gasteiger partial charge in [-0.25, -0.2) is 0 Å². The van der Waals surface area contributed by atoms with Crippen molar-refractivity contribution in [3.05, 3.63) is 0 Å². The van der Waals surface area contributed by atoms with Gasteiger partial charge >= 0.3 is 0 Å². The number of fused-ring (bicyclic) bond motifs is 1. The summed E-state index contributed by atoms with van der Waals surface area (Å²) in [4.78, 5) is 2.57. The van der Waals surface area contributed by atoms with Gasteiger partial charge in [-0.2, -0.15) is 0 Å². The molecule has 0 aromatic rings. The van der Waals surface area contributed by atoms with Crippen LogP contribution in [0.15, 0.2) is 0 Å². The first-order chi connectivity index (χ1) is 6.67. The molecule has 2 rings (SSSR count). The van der Waals surface area contributed by atoms with Gasteiger partial charge in [-0.05, 0) is 37.8 Å². The van der Waals surface area contributed by atoms with Crippen molar-refractivity contribution in [2.75, 3.05) is 26.7 Å². The molecule has 0 radical (unpaired) electrons. The Labute approximate surface area is 88.1 Å². The first-order valence-electron chi connectivity index (χ1n) is 6.08. The second-order valence-corrected chi connectivity index (χ2v) is 5.42. The summed E-state index contributed by atoms with van der Waals surface area (Å²) in [6.45, 7) is 8.59. The second kappa shape index (κ2) is 3.82. The molecule has 2 saturated heterocycles. The van der Waals surface area contributed by atoms with Crippen LogP contribution in [0.3, 0.4) is 0 Å². The van der Waals surface area contributed by atoms with Gasteiger partial charge in [0.15, 0.2) is 0 Å². The number of likely N-dealkylation sites (N-methyl/N-ethyl adjacent to an activating group) is 1. The monoisotopic (exact) mass is 196 g/mol. The fourth-order valence-corrected chi connectivity index (χ4v) is 3.36. The van der Waals surface area contributed by atoms with E-state index in [9.17, 15) is 0 Å². The van der Waals surface area contributed by atoms with Gasteiger partial charge < -0.3 is 10.2 Å². The van der Waals surface area contributed by atoms with E-state index in [1.54, 1.807) is 0 Å². The van der Waals surface area contributed by atoms with Crippen molar-refractivity contribution in [3.63, 3.8) is 0 Å². The molecular formula is C12H24N2. The number of rotatable bonds is 1. The summed E-state index contributed by atoms with van der Waals surface area (Å²) in [6.07, 6.45) is 4.13. The Morgan fingerprint density at radius 2 is 2.21 bits per heavy atom. The molecule has 2 heteroatoms. The highest BCUT2D eigenvalue weighted by Crippen LogP contribution is 2.42. The maximum atomic E-state index is 3.57. The molecule has 0 aromatic carbocycles. The molecule has 3 unspecified atom stereocenters. The molecule has 2 aliphatic rings. The molecule has 82 valence electrons. The van der Waals surface area contributed by atoms with E-state index in [0.717, 1.165) is 12.0 Å². The molecule has 0 bridgehead atoms. The van der Waals surface area contributed by atoms with Gasteiger partial charge in [-0.1, -0.05) is 20.3 Å². The molecule has 3 atom stereocenters. The summed E-state index contributed by atoms with van der Waals surface area (Å²) in [5, 5.41) is 3.57. The van der Waals surface area contributed by atoms with E-state index in [4.69, 9.17) is 0 Å². The Morgan fingerprint density at radius 3 is 2.93 bits per heavy atom. The molecule has 0 saturated carbocycles. The lowest BCUT2D eigenvalue weighted by Crippen LogP contribution is -2.41. The molecule has 0 aromatic heterocycles. The standard InChI is InChI=1S/C12H24N2/c1-4-12(2)6-5-7-14(3)11-9-13-8-10(11)12/h10-11,13H,4-9H2,1-3H3. The largest absolute Gasteiger partial charge is 0.315 e. The van der Waals surface area contributed by atoms with Crippen LogP contribution < -0.4 is 5.32 Å². The van der Waals surface area contributed by atoms with E-state index in [2.05, 4.69) is 31.1 Å². The predicted molar refractivity (Wildman–Crippen MR) is 60.4 cm³/mol. The Bertz CT molecular complexity index is 204. The molecule has 0 aliphatic carbocycles. The normalized spacial score (nSPS) is 44.8. The van der Waals surface area contributed by atoms with Gasteiger partial charge in [-0.3, -0.25) is 0 Å². The third kappa shape index (κ3) is 1.59. The van der Waals surface area contributed by atoms with E-state index in [0.29, 0.717) is 5.41 Å². The van der Waals surface area contributed by atoms with Crippen LogP contribution in [0, 0.1) is 11.3 Å². The van der Waals surface area contributed by atoms with Crippen LogP contribution in [0.5, 0.6) is 0 Å².